The summed E-state index contributed by atoms with van der Waals surface area (Å²) in [4.78, 5) is 19.6. The standard InChI is InChI=1S/C22H28FN3O6S.C15H25NO3/c1-13(2)20-18(10-9-16(27)11-17(28)12-19(29)30)21(14-5-7-15(23)8-6-14)25-22(24-20)26(3)33(4,31)32;1-12(2)16-10-14(17)11-19-15-6-4-13(5-7-15)8-9-18-3/h5-10,13,16-17,27-28H,11-12H2,1-4H3,(H,29,30);4-7,12,14,16-17H,8-11H2,1-3H3/b10-9+;/t16-,17-;/m1./s1. The van der Waals surface area contributed by atoms with Crippen LogP contribution in [-0.2, 0) is 26.0 Å². The average molecular weight is 749 g/mol. The van der Waals surface area contributed by atoms with Crippen LogP contribution in [0.1, 0.15) is 63.3 Å². The third kappa shape index (κ3) is 15.7. The summed E-state index contributed by atoms with van der Waals surface area (Å²) in [7, 11) is -0.627. The van der Waals surface area contributed by atoms with Gasteiger partial charge in [-0.15, -0.1) is 0 Å². The fourth-order valence-corrected chi connectivity index (χ4v) is 5.02. The van der Waals surface area contributed by atoms with E-state index in [1.54, 1.807) is 7.11 Å². The Morgan fingerprint density at radius 2 is 1.63 bits per heavy atom. The van der Waals surface area contributed by atoms with Gasteiger partial charge in [-0.25, -0.2) is 27.1 Å². The first-order valence-corrected chi connectivity index (χ1v) is 18.8. The number of nitrogens with zero attached hydrogens (tertiary/aromatic N) is 3. The lowest BCUT2D eigenvalue weighted by Crippen LogP contribution is -2.35. The molecule has 3 atom stereocenters. The maximum absolute atomic E-state index is 13.5. The number of aliphatic hydroxyl groups excluding tert-OH is 3. The molecule has 13 nitrogen and oxygen atoms in total. The number of ether oxygens (including phenoxy) is 2. The summed E-state index contributed by atoms with van der Waals surface area (Å²) in [5.74, 6) is -1.09. The normalized spacial score (nSPS) is 13.5. The van der Waals surface area contributed by atoms with Gasteiger partial charge in [-0.05, 0) is 54.3 Å². The van der Waals surface area contributed by atoms with Crippen LogP contribution in [0.15, 0.2) is 54.6 Å². The van der Waals surface area contributed by atoms with Gasteiger partial charge in [0.05, 0.1) is 42.9 Å². The summed E-state index contributed by atoms with van der Waals surface area (Å²) in [5, 5.41) is 41.7. The highest BCUT2D eigenvalue weighted by atomic mass is 32.2. The highest BCUT2D eigenvalue weighted by Gasteiger charge is 2.22. The first kappa shape index (κ1) is 44.2. The third-order valence-corrected chi connectivity index (χ3v) is 8.70. The topological polar surface area (TPSA) is 192 Å². The number of aliphatic carboxylic acids is 1. The van der Waals surface area contributed by atoms with E-state index in [9.17, 15) is 32.9 Å². The Labute approximate surface area is 306 Å². The highest BCUT2D eigenvalue weighted by Crippen LogP contribution is 2.32. The van der Waals surface area contributed by atoms with Crippen molar-refractivity contribution in [2.45, 2.75) is 77.2 Å². The summed E-state index contributed by atoms with van der Waals surface area (Å²) in [6, 6.07) is 13.7. The number of nitrogens with one attached hydrogen (secondary N) is 1. The molecule has 0 bridgehead atoms. The van der Waals surface area contributed by atoms with Crippen LogP contribution in [0.2, 0.25) is 0 Å². The van der Waals surface area contributed by atoms with E-state index >= 15 is 0 Å². The van der Waals surface area contributed by atoms with Crippen molar-refractivity contribution in [3.05, 3.63) is 77.2 Å². The number of carboxylic acid groups (broad SMARTS) is 1. The summed E-state index contributed by atoms with van der Waals surface area (Å²) in [5.41, 5.74) is 3.02. The Morgan fingerprint density at radius 3 is 2.17 bits per heavy atom. The fourth-order valence-electron chi connectivity index (χ4n) is 4.64. The zero-order valence-corrected chi connectivity index (χ0v) is 31.7. The number of sulfonamides is 1. The maximum atomic E-state index is 13.5. The number of aliphatic hydroxyl groups is 3. The van der Waals surface area contributed by atoms with E-state index in [1.165, 1.54) is 49.0 Å². The molecule has 0 saturated heterocycles. The van der Waals surface area contributed by atoms with E-state index in [2.05, 4.69) is 15.3 Å². The highest BCUT2D eigenvalue weighted by molar-refractivity contribution is 7.92. The fraction of sp³-hybridized carbons (Fsp3) is 0.486. The van der Waals surface area contributed by atoms with Crippen LogP contribution in [0.3, 0.4) is 0 Å². The second kappa shape index (κ2) is 21.5. The van der Waals surface area contributed by atoms with Crippen molar-refractivity contribution in [3.8, 4) is 17.0 Å². The first-order chi connectivity index (χ1) is 24.4. The van der Waals surface area contributed by atoms with Crippen LogP contribution >= 0.6 is 0 Å². The van der Waals surface area contributed by atoms with Crippen molar-refractivity contribution >= 4 is 28.0 Å². The number of benzene rings is 2. The third-order valence-electron chi connectivity index (χ3n) is 7.54. The minimum Gasteiger partial charge on any atom is -0.491 e. The van der Waals surface area contributed by atoms with Crippen LogP contribution in [0, 0.1) is 5.82 Å². The van der Waals surface area contributed by atoms with Gasteiger partial charge in [0.15, 0.2) is 0 Å². The molecule has 288 valence electrons. The van der Waals surface area contributed by atoms with E-state index in [-0.39, 0.29) is 18.3 Å². The molecule has 0 amide bonds. The monoisotopic (exact) mass is 748 g/mol. The predicted molar refractivity (Wildman–Crippen MR) is 199 cm³/mol. The molecule has 1 heterocycles. The van der Waals surface area contributed by atoms with Crippen molar-refractivity contribution in [1.29, 1.82) is 0 Å². The minimum atomic E-state index is -3.65. The molecular formula is C37H53FN4O9S. The van der Waals surface area contributed by atoms with E-state index in [0.29, 0.717) is 41.7 Å². The van der Waals surface area contributed by atoms with Crippen molar-refractivity contribution < 1.29 is 47.5 Å². The number of hydrogen-bond donors (Lipinski definition) is 5. The van der Waals surface area contributed by atoms with E-state index in [1.807, 2.05) is 52.0 Å². The summed E-state index contributed by atoms with van der Waals surface area (Å²) in [6.07, 6.45) is 1.27. The number of carboxylic acids is 1. The predicted octanol–water partition coefficient (Wildman–Crippen LogP) is 4.01. The Hall–Kier alpha value is -3.99. The molecule has 0 radical (unpaired) electrons. The lowest BCUT2D eigenvalue weighted by atomic mass is 9.97. The van der Waals surface area contributed by atoms with Gasteiger partial charge in [0.1, 0.15) is 24.3 Å². The van der Waals surface area contributed by atoms with Gasteiger partial charge in [-0.2, -0.15) is 0 Å². The lowest BCUT2D eigenvalue weighted by molar-refractivity contribution is -0.139. The Bertz CT molecular complexity index is 1670. The van der Waals surface area contributed by atoms with E-state index in [0.717, 1.165) is 29.3 Å². The molecule has 0 spiro atoms. The van der Waals surface area contributed by atoms with Crippen molar-refractivity contribution in [3.63, 3.8) is 0 Å². The summed E-state index contributed by atoms with van der Waals surface area (Å²) in [6.45, 7) is 9.37. The number of carbonyl (C=O) groups is 1. The molecule has 5 N–H and O–H groups in total. The molecule has 0 saturated carbocycles. The second-order valence-corrected chi connectivity index (χ2v) is 14.9. The Morgan fingerprint density at radius 1 is 1.00 bits per heavy atom. The zero-order chi connectivity index (χ0) is 39.0. The van der Waals surface area contributed by atoms with Gasteiger partial charge in [-0.3, -0.25) is 4.79 Å². The maximum Gasteiger partial charge on any atom is 0.305 e. The molecule has 1 unspecified atom stereocenters. The number of aromatic nitrogens is 2. The average Bonchev–Trinajstić information content (AvgIpc) is 3.07. The number of rotatable bonds is 19. The number of anilines is 1. The number of halogens is 1. The van der Waals surface area contributed by atoms with Gasteiger partial charge < -0.3 is 35.2 Å². The number of hydrogen-bond acceptors (Lipinski definition) is 11. The van der Waals surface area contributed by atoms with E-state index < -0.39 is 46.5 Å². The smallest absolute Gasteiger partial charge is 0.305 e. The van der Waals surface area contributed by atoms with Crippen molar-refractivity contribution in [2.75, 3.05) is 44.5 Å². The Kier molecular flexibility index (Phi) is 18.3. The molecule has 0 fully saturated rings. The van der Waals surface area contributed by atoms with Crippen LogP contribution in [0.25, 0.3) is 17.3 Å². The van der Waals surface area contributed by atoms with Gasteiger partial charge in [-0.1, -0.05) is 52.0 Å². The van der Waals surface area contributed by atoms with Crippen LogP contribution in [0.5, 0.6) is 5.75 Å². The molecule has 2 aromatic carbocycles. The SMILES string of the molecule is CC(C)c1nc(N(C)S(C)(=O)=O)nc(-c2ccc(F)cc2)c1/C=C/[C@@H](O)C[C@@H](O)CC(=O)O.COCCc1ccc(OCC(O)CNC(C)C)cc1. The second-order valence-electron chi connectivity index (χ2n) is 12.9. The van der Waals surface area contributed by atoms with Crippen LogP contribution < -0.4 is 14.4 Å². The van der Waals surface area contributed by atoms with Crippen molar-refractivity contribution in [2.24, 2.45) is 0 Å². The van der Waals surface area contributed by atoms with Gasteiger partial charge in [0, 0.05) is 44.3 Å². The van der Waals surface area contributed by atoms with Crippen LogP contribution in [-0.4, -0.2) is 109 Å². The minimum absolute atomic E-state index is 0.0601. The van der Waals surface area contributed by atoms with Crippen molar-refractivity contribution in [1.82, 2.24) is 15.3 Å². The van der Waals surface area contributed by atoms with Crippen LogP contribution in [0.4, 0.5) is 10.3 Å². The quantitative estimate of drug-likeness (QED) is 0.119. The van der Waals surface area contributed by atoms with Gasteiger partial charge >= 0.3 is 5.97 Å². The molecular weight excluding hydrogens is 695 g/mol. The van der Waals surface area contributed by atoms with Gasteiger partial charge in [0.25, 0.3) is 0 Å². The molecule has 0 aliphatic heterocycles. The molecule has 3 rings (SSSR count). The Balaban J connectivity index is 0.000000418. The summed E-state index contributed by atoms with van der Waals surface area (Å²) < 4.78 is 49.2. The lowest BCUT2D eigenvalue weighted by Gasteiger charge is -2.20. The molecule has 52 heavy (non-hydrogen) atoms. The number of methoxy groups -OCH3 is 1. The first-order valence-electron chi connectivity index (χ1n) is 16.9. The summed E-state index contributed by atoms with van der Waals surface area (Å²) >= 11 is 0. The van der Waals surface area contributed by atoms with Gasteiger partial charge in [0.2, 0.25) is 16.0 Å². The largest absolute Gasteiger partial charge is 0.491 e. The molecule has 3 aromatic rings. The molecule has 15 heteroatoms. The molecule has 1 aromatic heterocycles. The molecule has 0 aliphatic carbocycles. The zero-order valence-electron chi connectivity index (χ0n) is 30.9. The van der Waals surface area contributed by atoms with E-state index in [4.69, 9.17) is 14.6 Å². The molecule has 0 aliphatic rings.